The van der Waals surface area contributed by atoms with Crippen LogP contribution in [0.15, 0.2) is 36.4 Å². The standard InChI is InChI=1S/C18H16N2O7/c1-10-4-5-11(17(22)26-2)9-15(10)19-16(21)12-6-13(18(23)27-3)8-14(7-12)20(24)25/h4-9H,1-3H3,(H,19,21). The van der Waals surface area contributed by atoms with E-state index in [9.17, 15) is 24.5 Å². The van der Waals surface area contributed by atoms with Crippen molar-refractivity contribution in [1.29, 1.82) is 0 Å². The molecule has 0 aliphatic rings. The number of benzene rings is 2. The number of nitrogens with zero attached hydrogens (tertiary/aromatic N) is 1. The van der Waals surface area contributed by atoms with E-state index in [2.05, 4.69) is 14.8 Å². The Hall–Kier alpha value is -3.75. The average Bonchev–Trinajstić information content (AvgIpc) is 2.67. The molecule has 9 heteroatoms. The fourth-order valence-corrected chi connectivity index (χ4v) is 2.28. The van der Waals surface area contributed by atoms with Gasteiger partial charge < -0.3 is 14.8 Å². The van der Waals surface area contributed by atoms with Crippen LogP contribution in [0.5, 0.6) is 0 Å². The number of ether oxygens (including phenoxy) is 2. The van der Waals surface area contributed by atoms with Gasteiger partial charge >= 0.3 is 11.9 Å². The van der Waals surface area contributed by atoms with Gasteiger partial charge in [-0.1, -0.05) is 6.07 Å². The fraction of sp³-hybridized carbons (Fsp3) is 0.167. The van der Waals surface area contributed by atoms with E-state index in [1.807, 2.05) is 0 Å². The molecule has 1 amide bonds. The molecule has 0 aliphatic carbocycles. The smallest absolute Gasteiger partial charge is 0.338 e. The molecular formula is C18H16N2O7. The van der Waals surface area contributed by atoms with Gasteiger partial charge in [0, 0.05) is 23.4 Å². The number of esters is 2. The number of aryl methyl sites for hydroxylation is 1. The number of hydrogen-bond donors (Lipinski definition) is 1. The molecule has 27 heavy (non-hydrogen) atoms. The molecule has 0 atom stereocenters. The molecular weight excluding hydrogens is 356 g/mol. The van der Waals surface area contributed by atoms with Crippen molar-refractivity contribution >= 4 is 29.2 Å². The molecule has 0 unspecified atom stereocenters. The van der Waals surface area contributed by atoms with Gasteiger partial charge in [0.15, 0.2) is 0 Å². The number of nitrogens with one attached hydrogen (secondary N) is 1. The van der Waals surface area contributed by atoms with Crippen molar-refractivity contribution in [2.24, 2.45) is 0 Å². The number of carbonyl (C=O) groups is 3. The largest absolute Gasteiger partial charge is 0.465 e. The molecule has 2 aromatic carbocycles. The quantitative estimate of drug-likeness (QED) is 0.486. The number of anilines is 1. The van der Waals surface area contributed by atoms with E-state index in [1.54, 1.807) is 19.1 Å². The molecule has 9 nitrogen and oxygen atoms in total. The zero-order valence-electron chi connectivity index (χ0n) is 14.8. The van der Waals surface area contributed by atoms with Crippen molar-refractivity contribution in [3.05, 3.63) is 68.8 Å². The maximum Gasteiger partial charge on any atom is 0.338 e. The van der Waals surface area contributed by atoms with Crippen LogP contribution in [0.3, 0.4) is 0 Å². The van der Waals surface area contributed by atoms with E-state index in [0.29, 0.717) is 11.3 Å². The van der Waals surface area contributed by atoms with Crippen LogP contribution in [-0.4, -0.2) is 37.0 Å². The van der Waals surface area contributed by atoms with E-state index in [4.69, 9.17) is 0 Å². The Morgan fingerprint density at radius 3 is 2.11 bits per heavy atom. The highest BCUT2D eigenvalue weighted by molar-refractivity contribution is 6.07. The molecule has 2 rings (SSSR count). The lowest BCUT2D eigenvalue weighted by atomic mass is 10.1. The van der Waals surface area contributed by atoms with Gasteiger partial charge in [0.05, 0.1) is 30.3 Å². The Balaban J connectivity index is 2.41. The topological polar surface area (TPSA) is 125 Å². The summed E-state index contributed by atoms with van der Waals surface area (Å²) in [6.45, 7) is 1.71. The van der Waals surface area contributed by atoms with Gasteiger partial charge in [-0.25, -0.2) is 9.59 Å². The fourth-order valence-electron chi connectivity index (χ4n) is 2.28. The van der Waals surface area contributed by atoms with E-state index < -0.39 is 28.5 Å². The lowest BCUT2D eigenvalue weighted by molar-refractivity contribution is -0.384. The Morgan fingerprint density at radius 2 is 1.52 bits per heavy atom. The van der Waals surface area contributed by atoms with Crippen molar-refractivity contribution in [1.82, 2.24) is 0 Å². The number of methoxy groups -OCH3 is 2. The lowest BCUT2D eigenvalue weighted by Crippen LogP contribution is -2.15. The Bertz CT molecular complexity index is 937. The highest BCUT2D eigenvalue weighted by Crippen LogP contribution is 2.22. The van der Waals surface area contributed by atoms with Gasteiger partial charge in [0.2, 0.25) is 0 Å². The van der Waals surface area contributed by atoms with Crippen LogP contribution < -0.4 is 5.32 Å². The van der Waals surface area contributed by atoms with E-state index in [1.165, 1.54) is 19.2 Å². The molecule has 0 heterocycles. The predicted molar refractivity (Wildman–Crippen MR) is 94.9 cm³/mol. The third kappa shape index (κ3) is 4.46. The van der Waals surface area contributed by atoms with Gasteiger partial charge in [-0.15, -0.1) is 0 Å². The number of nitro benzene ring substituents is 1. The number of hydrogen-bond acceptors (Lipinski definition) is 7. The number of nitro groups is 1. The van der Waals surface area contributed by atoms with Crippen LogP contribution in [0.4, 0.5) is 11.4 Å². The molecule has 0 aromatic heterocycles. The Kier molecular flexibility index (Phi) is 5.86. The van der Waals surface area contributed by atoms with Crippen molar-refractivity contribution in [3.8, 4) is 0 Å². The summed E-state index contributed by atoms with van der Waals surface area (Å²) in [7, 11) is 2.36. The zero-order valence-corrected chi connectivity index (χ0v) is 14.8. The van der Waals surface area contributed by atoms with Gasteiger partial charge in [-0.05, 0) is 30.7 Å². The second-order valence-electron chi connectivity index (χ2n) is 5.49. The second-order valence-corrected chi connectivity index (χ2v) is 5.49. The molecule has 0 saturated carbocycles. The van der Waals surface area contributed by atoms with Crippen LogP contribution in [-0.2, 0) is 9.47 Å². The summed E-state index contributed by atoms with van der Waals surface area (Å²) in [6.07, 6.45) is 0. The number of amides is 1. The summed E-state index contributed by atoms with van der Waals surface area (Å²) in [4.78, 5) is 46.3. The zero-order chi connectivity index (χ0) is 20.1. The van der Waals surface area contributed by atoms with Crippen LogP contribution in [0.25, 0.3) is 0 Å². The highest BCUT2D eigenvalue weighted by atomic mass is 16.6. The number of carbonyl (C=O) groups excluding carboxylic acids is 3. The minimum Gasteiger partial charge on any atom is -0.465 e. The van der Waals surface area contributed by atoms with Crippen LogP contribution in [0, 0.1) is 17.0 Å². The normalized spacial score (nSPS) is 10.0. The van der Waals surface area contributed by atoms with Crippen molar-refractivity contribution < 1.29 is 28.8 Å². The van der Waals surface area contributed by atoms with Gasteiger partial charge in [-0.3, -0.25) is 14.9 Å². The first-order valence-corrected chi connectivity index (χ1v) is 7.65. The van der Waals surface area contributed by atoms with Crippen molar-refractivity contribution in [2.45, 2.75) is 6.92 Å². The number of rotatable bonds is 5. The van der Waals surface area contributed by atoms with Crippen LogP contribution in [0.2, 0.25) is 0 Å². The van der Waals surface area contributed by atoms with Gasteiger partial charge in [-0.2, -0.15) is 0 Å². The summed E-state index contributed by atoms with van der Waals surface area (Å²) in [5.74, 6) is -2.07. The van der Waals surface area contributed by atoms with Gasteiger partial charge in [0.1, 0.15) is 0 Å². The summed E-state index contributed by atoms with van der Waals surface area (Å²) in [5.41, 5.74) is 0.559. The van der Waals surface area contributed by atoms with Crippen LogP contribution in [0.1, 0.15) is 36.6 Å². The summed E-state index contributed by atoms with van der Waals surface area (Å²) >= 11 is 0. The third-order valence-corrected chi connectivity index (χ3v) is 3.72. The monoisotopic (exact) mass is 372 g/mol. The van der Waals surface area contributed by atoms with E-state index in [-0.39, 0.29) is 16.7 Å². The minimum absolute atomic E-state index is 0.104. The van der Waals surface area contributed by atoms with Crippen molar-refractivity contribution in [3.63, 3.8) is 0 Å². The molecule has 2 aromatic rings. The Labute approximate surface area is 154 Å². The number of non-ortho nitro benzene ring substituents is 1. The first-order chi connectivity index (χ1) is 12.8. The van der Waals surface area contributed by atoms with Crippen molar-refractivity contribution in [2.75, 3.05) is 19.5 Å². The van der Waals surface area contributed by atoms with Crippen LogP contribution >= 0.6 is 0 Å². The molecule has 0 spiro atoms. The maximum atomic E-state index is 12.6. The summed E-state index contributed by atoms with van der Waals surface area (Å²) in [5, 5.41) is 13.6. The predicted octanol–water partition coefficient (Wildman–Crippen LogP) is 2.73. The molecule has 140 valence electrons. The maximum absolute atomic E-state index is 12.6. The first-order valence-electron chi connectivity index (χ1n) is 7.65. The van der Waals surface area contributed by atoms with E-state index >= 15 is 0 Å². The molecule has 0 aliphatic heterocycles. The molecule has 0 bridgehead atoms. The second kappa shape index (κ2) is 8.09. The SMILES string of the molecule is COC(=O)c1cc(C(=O)Nc2cc(C(=O)OC)ccc2C)cc([N+](=O)[O-])c1. The molecule has 0 fully saturated rings. The summed E-state index contributed by atoms with van der Waals surface area (Å²) < 4.78 is 9.19. The average molecular weight is 372 g/mol. The molecule has 0 saturated heterocycles. The molecule has 1 N–H and O–H groups in total. The van der Waals surface area contributed by atoms with Gasteiger partial charge in [0.25, 0.3) is 11.6 Å². The third-order valence-electron chi connectivity index (χ3n) is 3.72. The van der Waals surface area contributed by atoms with E-state index in [0.717, 1.165) is 19.2 Å². The molecule has 0 radical (unpaired) electrons. The summed E-state index contributed by atoms with van der Waals surface area (Å²) in [6, 6.07) is 7.84. The first kappa shape index (κ1) is 19.6. The minimum atomic E-state index is -0.809. The lowest BCUT2D eigenvalue weighted by Gasteiger charge is -2.11. The Morgan fingerprint density at radius 1 is 0.926 bits per heavy atom. The highest BCUT2D eigenvalue weighted by Gasteiger charge is 2.19.